The molecule has 0 aromatic heterocycles. The number of nitrogens with two attached hydrogens (primary N) is 1. The van der Waals surface area contributed by atoms with E-state index in [1.165, 1.54) is 16.3 Å². The zero-order valence-corrected chi connectivity index (χ0v) is 26.3. The van der Waals surface area contributed by atoms with Gasteiger partial charge in [-0.3, -0.25) is 15.3 Å². The molecule has 1 saturated heterocycles. The molecule has 6 nitrogen and oxygen atoms in total. The maximum Gasteiger partial charge on any atom is 0.264 e. The van der Waals surface area contributed by atoms with Gasteiger partial charge < -0.3 is 15.5 Å². The molecule has 4 N–H and O–H groups in total. The maximum atomic E-state index is 15.2. The van der Waals surface area contributed by atoms with Crippen molar-refractivity contribution >= 4 is 22.6 Å². The maximum absolute atomic E-state index is 15.2. The summed E-state index contributed by atoms with van der Waals surface area (Å²) in [6.07, 6.45) is 1.63. The van der Waals surface area contributed by atoms with Crippen LogP contribution in [-0.2, 0) is 22.4 Å². The number of carbonyl (C=O) groups is 2. The van der Waals surface area contributed by atoms with E-state index in [-0.39, 0.29) is 30.3 Å². The molecule has 46 heavy (non-hydrogen) atoms. The zero-order valence-electron chi connectivity index (χ0n) is 26.3. The largest absolute Gasteiger partial charge is 0.333 e. The summed E-state index contributed by atoms with van der Waals surface area (Å²) in [5.41, 5.74) is 9.68. The Kier molecular flexibility index (Phi) is 9.57. The Morgan fingerprint density at radius 1 is 0.783 bits per heavy atom. The van der Waals surface area contributed by atoms with E-state index in [0.717, 1.165) is 23.1 Å². The minimum absolute atomic E-state index is 0.00941. The van der Waals surface area contributed by atoms with Gasteiger partial charge in [-0.25, -0.2) is 0 Å². The summed E-state index contributed by atoms with van der Waals surface area (Å²) in [5.74, 6) is -1.16. The Balaban J connectivity index is 1.39. The number of carbonyl (C=O) groups excluding carboxylic acids is 2. The van der Waals surface area contributed by atoms with Crippen molar-refractivity contribution in [2.24, 2.45) is 5.73 Å². The van der Waals surface area contributed by atoms with Gasteiger partial charge in [0.15, 0.2) is 5.66 Å². The van der Waals surface area contributed by atoms with Crippen molar-refractivity contribution in [1.29, 1.82) is 0 Å². The van der Waals surface area contributed by atoms with E-state index in [0.29, 0.717) is 19.5 Å². The number of rotatable bonds is 10. The first-order chi connectivity index (χ1) is 22.4. The Labute approximate surface area is 271 Å². The number of fused-ring (bicyclic) bond motifs is 1. The molecule has 1 heterocycles. The highest BCUT2D eigenvalue weighted by atomic mass is 16.2. The number of nitrogens with zero attached hydrogens (tertiary/aromatic N) is 1. The molecule has 0 spiro atoms. The van der Waals surface area contributed by atoms with Crippen LogP contribution in [0.15, 0.2) is 133 Å². The molecule has 1 fully saturated rings. The van der Waals surface area contributed by atoms with Gasteiger partial charge in [-0.15, -0.1) is 0 Å². The molecule has 6 rings (SSSR count). The smallest absolute Gasteiger partial charge is 0.264 e. The van der Waals surface area contributed by atoms with Gasteiger partial charge in [-0.05, 0) is 45.9 Å². The van der Waals surface area contributed by atoms with Crippen molar-refractivity contribution in [2.45, 2.75) is 49.9 Å². The van der Waals surface area contributed by atoms with Gasteiger partial charge in [0, 0.05) is 31.6 Å². The molecular weight excluding hydrogens is 568 g/mol. The van der Waals surface area contributed by atoms with Crippen LogP contribution in [-0.4, -0.2) is 47.6 Å². The molecule has 0 radical (unpaired) electrons. The van der Waals surface area contributed by atoms with Gasteiger partial charge in [0.05, 0.1) is 5.92 Å². The lowest BCUT2D eigenvalue weighted by Crippen LogP contribution is -2.72. The minimum Gasteiger partial charge on any atom is -0.333 e. The van der Waals surface area contributed by atoms with Crippen molar-refractivity contribution in [2.75, 3.05) is 13.1 Å². The average molecular weight is 611 g/mol. The summed E-state index contributed by atoms with van der Waals surface area (Å²) in [7, 11) is 0. The topological polar surface area (TPSA) is 87.5 Å². The Morgan fingerprint density at radius 2 is 1.37 bits per heavy atom. The van der Waals surface area contributed by atoms with Gasteiger partial charge >= 0.3 is 0 Å². The third-order valence-corrected chi connectivity index (χ3v) is 9.11. The van der Waals surface area contributed by atoms with Crippen molar-refractivity contribution < 1.29 is 9.59 Å². The Morgan fingerprint density at radius 3 is 2.00 bits per heavy atom. The second-order valence-electron chi connectivity index (χ2n) is 12.3. The second-order valence-corrected chi connectivity index (χ2v) is 12.3. The second kappa shape index (κ2) is 14.1. The third kappa shape index (κ3) is 6.89. The van der Waals surface area contributed by atoms with E-state index in [1.807, 2.05) is 83.8 Å². The number of hydrogen-bond acceptors (Lipinski definition) is 4. The standard InChI is InChI=1S/C40H42N4O2/c1-2-37(45)43-40(41,38(32-17-8-4-9-18-32)33-19-10-5-11-20-33)39(46)44-28-35(42-27-36(44)26-29-14-6-3-7-15-29)25-30-22-23-31-16-12-13-21-34(31)24-30/h3-24,35-36,38,42H,2,25-28,41H2,1H3,(H,43,45)/t35-,36+,40-/m1/s1. The highest BCUT2D eigenvalue weighted by molar-refractivity contribution is 5.93. The lowest BCUT2D eigenvalue weighted by Gasteiger charge is -2.47. The highest BCUT2D eigenvalue weighted by Crippen LogP contribution is 2.35. The van der Waals surface area contributed by atoms with E-state index >= 15 is 4.79 Å². The number of piperazine rings is 1. The molecule has 1 aliphatic rings. The minimum atomic E-state index is -1.73. The predicted molar refractivity (Wildman–Crippen MR) is 185 cm³/mol. The summed E-state index contributed by atoms with van der Waals surface area (Å²) in [6, 6.07) is 44.6. The molecule has 0 saturated carbocycles. The SMILES string of the molecule is CCC(=O)N[C@@](N)(C(=O)N1C[C@@H](Cc2ccc3ccccc3c2)NC[C@@H]1Cc1ccccc1)C(c1ccccc1)c1ccccc1. The van der Waals surface area contributed by atoms with Crippen LogP contribution in [0.1, 0.15) is 41.5 Å². The molecular formula is C40H42N4O2. The van der Waals surface area contributed by atoms with Crippen LogP contribution in [0.25, 0.3) is 10.8 Å². The van der Waals surface area contributed by atoms with E-state index in [4.69, 9.17) is 5.73 Å². The van der Waals surface area contributed by atoms with Gasteiger partial charge in [0.1, 0.15) is 0 Å². The van der Waals surface area contributed by atoms with Gasteiger partial charge in [0.2, 0.25) is 5.91 Å². The summed E-state index contributed by atoms with van der Waals surface area (Å²) >= 11 is 0. The lowest BCUT2D eigenvalue weighted by atomic mass is 9.79. The summed E-state index contributed by atoms with van der Waals surface area (Å²) in [4.78, 5) is 30.3. The molecule has 6 heteroatoms. The fraction of sp³-hybridized carbons (Fsp3) is 0.250. The quantitative estimate of drug-likeness (QED) is 0.174. The van der Waals surface area contributed by atoms with Crippen LogP contribution in [0.4, 0.5) is 0 Å². The van der Waals surface area contributed by atoms with Crippen LogP contribution >= 0.6 is 0 Å². The number of nitrogens with one attached hydrogen (secondary N) is 2. The van der Waals surface area contributed by atoms with Crippen molar-refractivity contribution in [3.63, 3.8) is 0 Å². The van der Waals surface area contributed by atoms with Crippen LogP contribution in [0.3, 0.4) is 0 Å². The molecule has 0 bridgehead atoms. The normalized spacial score (nSPS) is 17.8. The molecule has 1 aliphatic heterocycles. The lowest BCUT2D eigenvalue weighted by molar-refractivity contribution is -0.146. The molecule has 5 aromatic rings. The number of benzene rings is 5. The molecule has 0 unspecified atom stereocenters. The van der Waals surface area contributed by atoms with E-state index < -0.39 is 11.6 Å². The summed E-state index contributed by atoms with van der Waals surface area (Å²) in [5, 5.41) is 9.18. The Hall–Kier alpha value is -4.78. The van der Waals surface area contributed by atoms with Crippen molar-refractivity contribution in [3.8, 4) is 0 Å². The van der Waals surface area contributed by atoms with Gasteiger partial charge in [-0.1, -0.05) is 140 Å². The van der Waals surface area contributed by atoms with E-state index in [2.05, 4.69) is 65.2 Å². The highest BCUT2D eigenvalue weighted by Gasteiger charge is 2.49. The fourth-order valence-electron chi connectivity index (χ4n) is 6.78. The van der Waals surface area contributed by atoms with Crippen LogP contribution < -0.4 is 16.4 Å². The van der Waals surface area contributed by atoms with Crippen LogP contribution in [0.5, 0.6) is 0 Å². The van der Waals surface area contributed by atoms with Crippen LogP contribution in [0.2, 0.25) is 0 Å². The van der Waals surface area contributed by atoms with E-state index in [1.54, 1.807) is 6.92 Å². The first-order valence-electron chi connectivity index (χ1n) is 16.2. The number of amides is 2. The number of hydrogen-bond donors (Lipinski definition) is 3. The fourth-order valence-corrected chi connectivity index (χ4v) is 6.78. The van der Waals surface area contributed by atoms with Gasteiger partial charge in [-0.2, -0.15) is 0 Å². The Bertz CT molecular complexity index is 1720. The van der Waals surface area contributed by atoms with Gasteiger partial charge in [0.25, 0.3) is 5.91 Å². The molecule has 5 aromatic carbocycles. The first kappa shape index (κ1) is 31.2. The molecule has 2 amide bonds. The first-order valence-corrected chi connectivity index (χ1v) is 16.2. The summed E-state index contributed by atoms with van der Waals surface area (Å²) < 4.78 is 0. The summed E-state index contributed by atoms with van der Waals surface area (Å²) in [6.45, 7) is 2.85. The van der Waals surface area contributed by atoms with E-state index in [9.17, 15) is 4.79 Å². The predicted octanol–water partition coefficient (Wildman–Crippen LogP) is 5.81. The third-order valence-electron chi connectivity index (χ3n) is 9.11. The molecule has 0 aliphatic carbocycles. The van der Waals surface area contributed by atoms with Crippen LogP contribution in [0, 0.1) is 0 Å². The monoisotopic (exact) mass is 610 g/mol. The van der Waals surface area contributed by atoms with Crippen molar-refractivity contribution in [3.05, 3.63) is 156 Å². The molecule has 3 atom stereocenters. The molecule has 234 valence electrons. The zero-order chi connectivity index (χ0) is 31.9. The van der Waals surface area contributed by atoms with Crippen molar-refractivity contribution in [1.82, 2.24) is 15.5 Å². The average Bonchev–Trinajstić information content (AvgIpc) is 3.10.